The first-order chi connectivity index (χ1) is 16.8. The number of carbonyl (C=O) groups excluding carboxylic acids is 1. The van der Waals surface area contributed by atoms with Gasteiger partial charge in [-0.15, -0.1) is 0 Å². The number of nitrogens with one attached hydrogen (secondary N) is 2. The number of benzene rings is 1. The van der Waals surface area contributed by atoms with E-state index < -0.39 is 27.0 Å². The number of ether oxygens (including phenoxy) is 2. The van der Waals surface area contributed by atoms with Crippen LogP contribution < -0.4 is 19.5 Å². The van der Waals surface area contributed by atoms with Crippen molar-refractivity contribution in [3.63, 3.8) is 0 Å². The topological polar surface area (TPSA) is 132 Å². The Balaban J connectivity index is 1.48. The molecule has 12 heteroatoms. The summed E-state index contributed by atoms with van der Waals surface area (Å²) in [5.41, 5.74) is 1.18. The highest BCUT2D eigenvalue weighted by atomic mass is 32.2. The molecule has 4 rings (SSSR count). The van der Waals surface area contributed by atoms with E-state index in [9.17, 15) is 17.6 Å². The van der Waals surface area contributed by atoms with Crippen molar-refractivity contribution in [2.24, 2.45) is 0 Å². The first-order valence-corrected chi connectivity index (χ1v) is 12.4. The standard InChI is InChI=1S/C23H24FN5O5S/c1-3-34-21-13-25-11-19(28-21)14-4-7-16(17(24)10-14)23(30)27-12-20-22(33-2)18(8-9-26-20)29-35(31,32)15-5-6-15/h4,7-11,13,15H,3,5-6,12H2,1-2H3,(H,26,29)(H,27,30). The number of amides is 1. The van der Waals surface area contributed by atoms with Crippen LogP contribution in [0.3, 0.4) is 0 Å². The van der Waals surface area contributed by atoms with E-state index in [1.54, 1.807) is 6.07 Å². The Labute approximate surface area is 202 Å². The van der Waals surface area contributed by atoms with Crippen molar-refractivity contribution in [2.75, 3.05) is 18.4 Å². The lowest BCUT2D eigenvalue weighted by molar-refractivity contribution is 0.0946. The Hall–Kier alpha value is -3.80. The summed E-state index contributed by atoms with van der Waals surface area (Å²) in [7, 11) is -2.14. The molecule has 10 nitrogen and oxygen atoms in total. The van der Waals surface area contributed by atoms with Crippen LogP contribution in [0.1, 0.15) is 35.8 Å². The van der Waals surface area contributed by atoms with Crippen LogP contribution in [0.4, 0.5) is 10.1 Å². The molecule has 2 heterocycles. The molecule has 1 amide bonds. The maximum absolute atomic E-state index is 14.8. The van der Waals surface area contributed by atoms with Gasteiger partial charge >= 0.3 is 0 Å². The Bertz CT molecular complexity index is 1350. The molecule has 184 valence electrons. The number of hydrogen-bond donors (Lipinski definition) is 2. The zero-order valence-corrected chi connectivity index (χ0v) is 19.9. The van der Waals surface area contributed by atoms with Crippen LogP contribution in [0.5, 0.6) is 11.6 Å². The fourth-order valence-corrected chi connectivity index (χ4v) is 4.75. The molecule has 1 aliphatic carbocycles. The molecular formula is C23H24FN5O5S. The van der Waals surface area contributed by atoms with Crippen molar-refractivity contribution >= 4 is 21.6 Å². The van der Waals surface area contributed by atoms with E-state index in [0.29, 0.717) is 36.6 Å². The van der Waals surface area contributed by atoms with Crippen molar-refractivity contribution in [2.45, 2.75) is 31.6 Å². The number of pyridine rings is 1. The second-order valence-corrected chi connectivity index (χ2v) is 9.70. The maximum atomic E-state index is 14.8. The van der Waals surface area contributed by atoms with E-state index in [0.717, 1.165) is 0 Å². The van der Waals surface area contributed by atoms with E-state index in [1.807, 2.05) is 6.92 Å². The van der Waals surface area contributed by atoms with Crippen molar-refractivity contribution in [1.82, 2.24) is 20.3 Å². The molecule has 1 aromatic carbocycles. The lowest BCUT2D eigenvalue weighted by Gasteiger charge is -2.15. The number of anilines is 1. The number of sulfonamides is 1. The first kappa shape index (κ1) is 24.3. The summed E-state index contributed by atoms with van der Waals surface area (Å²) in [6.45, 7) is 2.12. The number of aromatic nitrogens is 3. The third-order valence-electron chi connectivity index (χ3n) is 5.23. The molecule has 0 spiro atoms. The average Bonchev–Trinajstić information content (AvgIpc) is 3.69. The van der Waals surface area contributed by atoms with Crippen LogP contribution in [-0.4, -0.2) is 48.2 Å². The van der Waals surface area contributed by atoms with Gasteiger partial charge in [0, 0.05) is 11.8 Å². The van der Waals surface area contributed by atoms with Gasteiger partial charge in [-0.1, -0.05) is 6.07 Å². The number of halogens is 1. The molecule has 2 N–H and O–H groups in total. The van der Waals surface area contributed by atoms with Gasteiger partial charge in [0.05, 0.1) is 54.8 Å². The van der Waals surface area contributed by atoms with Crippen LogP contribution in [0.2, 0.25) is 0 Å². The fraction of sp³-hybridized carbons (Fsp3) is 0.304. The molecule has 0 radical (unpaired) electrons. The average molecular weight is 502 g/mol. The second kappa shape index (κ2) is 10.2. The molecule has 2 aromatic heterocycles. The zero-order valence-electron chi connectivity index (χ0n) is 19.1. The molecule has 0 unspecified atom stereocenters. The van der Waals surface area contributed by atoms with Gasteiger partial charge in [0.1, 0.15) is 11.5 Å². The summed E-state index contributed by atoms with van der Waals surface area (Å²) < 4.78 is 52.5. The molecular weight excluding hydrogens is 477 g/mol. The summed E-state index contributed by atoms with van der Waals surface area (Å²) in [5, 5.41) is 2.18. The molecule has 0 bridgehead atoms. The van der Waals surface area contributed by atoms with E-state index in [-0.39, 0.29) is 29.2 Å². The quantitative estimate of drug-likeness (QED) is 0.433. The third-order valence-corrected chi connectivity index (χ3v) is 7.08. The van der Waals surface area contributed by atoms with Crippen LogP contribution in [0.15, 0.2) is 42.9 Å². The number of carbonyl (C=O) groups is 1. The van der Waals surface area contributed by atoms with Gasteiger partial charge in [-0.3, -0.25) is 19.5 Å². The van der Waals surface area contributed by atoms with Crippen LogP contribution in [0.25, 0.3) is 11.3 Å². The molecule has 3 aromatic rings. The van der Waals surface area contributed by atoms with E-state index >= 15 is 0 Å². The smallest absolute Gasteiger partial charge is 0.254 e. The van der Waals surface area contributed by atoms with Gasteiger partial charge in [-0.25, -0.2) is 17.8 Å². The number of hydrogen-bond acceptors (Lipinski definition) is 8. The molecule has 1 fully saturated rings. The van der Waals surface area contributed by atoms with Crippen LogP contribution >= 0.6 is 0 Å². The van der Waals surface area contributed by atoms with Gasteiger partial charge < -0.3 is 14.8 Å². The molecule has 0 atom stereocenters. The van der Waals surface area contributed by atoms with E-state index in [4.69, 9.17) is 9.47 Å². The first-order valence-electron chi connectivity index (χ1n) is 10.9. The fourth-order valence-electron chi connectivity index (χ4n) is 3.36. The van der Waals surface area contributed by atoms with Crippen molar-refractivity contribution < 1.29 is 27.1 Å². The lowest BCUT2D eigenvalue weighted by atomic mass is 10.1. The van der Waals surface area contributed by atoms with Gasteiger partial charge in [0.25, 0.3) is 5.91 Å². The van der Waals surface area contributed by atoms with Crippen molar-refractivity contribution in [1.29, 1.82) is 0 Å². The summed E-state index contributed by atoms with van der Waals surface area (Å²) in [6.07, 6.45) is 5.56. The Morgan fingerprint density at radius 1 is 1.23 bits per heavy atom. The Morgan fingerprint density at radius 2 is 2.03 bits per heavy atom. The minimum atomic E-state index is -3.51. The third kappa shape index (κ3) is 5.65. The number of methoxy groups -OCH3 is 1. The zero-order chi connectivity index (χ0) is 25.0. The normalized spacial score (nSPS) is 13.2. The van der Waals surface area contributed by atoms with Crippen molar-refractivity contribution in [3.8, 4) is 22.9 Å². The highest BCUT2D eigenvalue weighted by molar-refractivity contribution is 7.93. The Morgan fingerprint density at radius 3 is 2.71 bits per heavy atom. The maximum Gasteiger partial charge on any atom is 0.254 e. The molecule has 35 heavy (non-hydrogen) atoms. The molecule has 1 aliphatic rings. The predicted octanol–water partition coefficient (Wildman–Crippen LogP) is 2.92. The SMILES string of the molecule is CCOc1cncc(-c2ccc(C(=O)NCc3nccc(NS(=O)(=O)C4CC4)c3OC)c(F)c2)n1. The van der Waals surface area contributed by atoms with Gasteiger partial charge in [0.2, 0.25) is 15.9 Å². The molecule has 0 saturated heterocycles. The number of rotatable bonds is 10. The summed E-state index contributed by atoms with van der Waals surface area (Å²) in [4.78, 5) is 25.1. The monoisotopic (exact) mass is 501 g/mol. The minimum Gasteiger partial charge on any atom is -0.493 e. The van der Waals surface area contributed by atoms with E-state index in [2.05, 4.69) is 25.0 Å². The van der Waals surface area contributed by atoms with Crippen LogP contribution in [0, 0.1) is 5.82 Å². The summed E-state index contributed by atoms with van der Waals surface area (Å²) in [5.74, 6) is -0.915. The van der Waals surface area contributed by atoms with Crippen LogP contribution in [-0.2, 0) is 16.6 Å². The predicted molar refractivity (Wildman–Crippen MR) is 126 cm³/mol. The lowest BCUT2D eigenvalue weighted by Crippen LogP contribution is -2.25. The van der Waals surface area contributed by atoms with Gasteiger partial charge in [-0.05, 0) is 38.0 Å². The van der Waals surface area contributed by atoms with Gasteiger partial charge in [0.15, 0.2) is 5.75 Å². The summed E-state index contributed by atoms with van der Waals surface area (Å²) >= 11 is 0. The van der Waals surface area contributed by atoms with Gasteiger partial charge in [-0.2, -0.15) is 0 Å². The highest BCUT2D eigenvalue weighted by Crippen LogP contribution is 2.33. The largest absolute Gasteiger partial charge is 0.493 e. The Kier molecular flexibility index (Phi) is 7.10. The summed E-state index contributed by atoms with van der Waals surface area (Å²) in [6, 6.07) is 5.58. The molecule has 1 saturated carbocycles. The van der Waals surface area contributed by atoms with Crippen molar-refractivity contribution in [3.05, 3.63) is 59.9 Å². The highest BCUT2D eigenvalue weighted by Gasteiger charge is 2.36. The van der Waals surface area contributed by atoms with E-state index in [1.165, 1.54) is 43.9 Å². The molecule has 0 aliphatic heterocycles. The minimum absolute atomic E-state index is 0.107. The number of nitrogens with zero attached hydrogens (tertiary/aromatic N) is 3. The second-order valence-electron chi connectivity index (χ2n) is 7.74.